The van der Waals surface area contributed by atoms with Crippen molar-refractivity contribution in [2.75, 3.05) is 6.79 Å². The summed E-state index contributed by atoms with van der Waals surface area (Å²) < 4.78 is 11.1. The molecule has 0 radical (unpaired) electrons. The van der Waals surface area contributed by atoms with Crippen LogP contribution in [0.5, 0.6) is 11.5 Å². The molecule has 6 heteroatoms. The summed E-state index contributed by atoms with van der Waals surface area (Å²) in [6.07, 6.45) is 1.57. The van der Waals surface area contributed by atoms with Crippen LogP contribution < -0.4 is 4.74 Å². The molecule has 1 N–H and O–H groups in total. The zero-order valence-electron chi connectivity index (χ0n) is 10.8. The highest BCUT2D eigenvalue weighted by Crippen LogP contribution is 2.31. The predicted molar refractivity (Wildman–Crippen MR) is 84.8 cm³/mol. The van der Waals surface area contributed by atoms with Crippen LogP contribution in [0.3, 0.4) is 0 Å². The molecule has 0 aromatic heterocycles. The normalized spacial score (nSPS) is 14.0. The van der Waals surface area contributed by atoms with Gasteiger partial charge in [0.2, 0.25) is 0 Å². The van der Waals surface area contributed by atoms with E-state index in [2.05, 4.69) is 20.9 Å². The molecular weight excluding hydrogens is 358 g/mol. The summed E-state index contributed by atoms with van der Waals surface area (Å²) in [4.78, 5) is 4.35. The van der Waals surface area contributed by atoms with E-state index in [1.807, 2.05) is 18.2 Å². The molecule has 2 aromatic carbocycles. The van der Waals surface area contributed by atoms with E-state index in [0.717, 1.165) is 17.0 Å². The van der Waals surface area contributed by atoms with Crippen molar-refractivity contribution in [3.05, 3.63) is 51.0 Å². The SMILES string of the molecule is Oc1c(Br)cc(Cl)cc1/C=N/c1ccc2c(c1)COCO2. The van der Waals surface area contributed by atoms with Gasteiger partial charge in [-0.05, 0) is 46.3 Å². The highest BCUT2D eigenvalue weighted by Gasteiger charge is 2.10. The van der Waals surface area contributed by atoms with Crippen molar-refractivity contribution in [3.8, 4) is 11.5 Å². The second-order valence-corrected chi connectivity index (χ2v) is 5.78. The third kappa shape index (κ3) is 3.20. The topological polar surface area (TPSA) is 51.1 Å². The van der Waals surface area contributed by atoms with Gasteiger partial charge in [0.05, 0.1) is 16.8 Å². The summed E-state index contributed by atoms with van der Waals surface area (Å²) >= 11 is 9.21. The van der Waals surface area contributed by atoms with E-state index in [1.54, 1.807) is 18.3 Å². The van der Waals surface area contributed by atoms with Crippen molar-refractivity contribution in [3.63, 3.8) is 0 Å². The lowest BCUT2D eigenvalue weighted by Crippen LogP contribution is -2.10. The van der Waals surface area contributed by atoms with Gasteiger partial charge in [-0.2, -0.15) is 0 Å². The van der Waals surface area contributed by atoms with E-state index in [9.17, 15) is 5.11 Å². The highest BCUT2D eigenvalue weighted by molar-refractivity contribution is 9.10. The van der Waals surface area contributed by atoms with Crippen LogP contribution in [0.15, 0.2) is 39.8 Å². The maximum Gasteiger partial charge on any atom is 0.189 e. The van der Waals surface area contributed by atoms with Gasteiger partial charge in [-0.25, -0.2) is 0 Å². The number of phenolic OH excluding ortho intramolecular Hbond substituents is 1. The van der Waals surface area contributed by atoms with Crippen molar-refractivity contribution < 1.29 is 14.6 Å². The second kappa shape index (κ2) is 6.05. The zero-order chi connectivity index (χ0) is 14.8. The minimum absolute atomic E-state index is 0.104. The molecule has 0 spiro atoms. The molecule has 0 amide bonds. The Morgan fingerprint density at radius 3 is 3.00 bits per heavy atom. The van der Waals surface area contributed by atoms with E-state index in [-0.39, 0.29) is 12.5 Å². The van der Waals surface area contributed by atoms with Gasteiger partial charge in [0, 0.05) is 22.4 Å². The van der Waals surface area contributed by atoms with Crippen LogP contribution >= 0.6 is 27.5 Å². The lowest BCUT2D eigenvalue weighted by atomic mass is 10.1. The van der Waals surface area contributed by atoms with Gasteiger partial charge in [-0.3, -0.25) is 4.99 Å². The van der Waals surface area contributed by atoms with Crippen LogP contribution in [0.4, 0.5) is 5.69 Å². The average molecular weight is 369 g/mol. The number of benzene rings is 2. The molecular formula is C15H11BrClNO3. The van der Waals surface area contributed by atoms with Gasteiger partial charge in [0.25, 0.3) is 0 Å². The number of nitrogens with zero attached hydrogens (tertiary/aromatic N) is 1. The molecule has 4 nitrogen and oxygen atoms in total. The Bertz CT molecular complexity index is 718. The molecule has 0 aliphatic carbocycles. The maximum atomic E-state index is 9.96. The van der Waals surface area contributed by atoms with Crippen LogP contribution in [0.2, 0.25) is 5.02 Å². The fourth-order valence-corrected chi connectivity index (χ4v) is 2.82. The zero-order valence-corrected chi connectivity index (χ0v) is 13.2. The molecule has 0 bridgehead atoms. The summed E-state index contributed by atoms with van der Waals surface area (Å²) in [7, 11) is 0. The molecule has 21 heavy (non-hydrogen) atoms. The van der Waals surface area contributed by atoms with Crippen molar-refractivity contribution in [2.45, 2.75) is 6.61 Å². The number of rotatable bonds is 2. The van der Waals surface area contributed by atoms with Gasteiger partial charge < -0.3 is 14.6 Å². The molecule has 108 valence electrons. The first-order valence-electron chi connectivity index (χ1n) is 6.19. The minimum atomic E-state index is 0.104. The molecule has 0 fully saturated rings. The van der Waals surface area contributed by atoms with Crippen LogP contribution in [0, 0.1) is 0 Å². The molecule has 2 aromatic rings. The lowest BCUT2D eigenvalue weighted by molar-refractivity contribution is -0.0163. The van der Waals surface area contributed by atoms with Crippen LogP contribution in [0.1, 0.15) is 11.1 Å². The fourth-order valence-electron chi connectivity index (χ4n) is 1.98. The molecule has 3 rings (SSSR count). The second-order valence-electron chi connectivity index (χ2n) is 4.49. The van der Waals surface area contributed by atoms with E-state index in [4.69, 9.17) is 21.1 Å². The first-order valence-corrected chi connectivity index (χ1v) is 7.36. The number of halogens is 2. The summed E-state index contributed by atoms with van der Waals surface area (Å²) in [5, 5.41) is 10.5. The van der Waals surface area contributed by atoms with Crippen molar-refractivity contribution >= 4 is 39.4 Å². The van der Waals surface area contributed by atoms with Gasteiger partial charge >= 0.3 is 0 Å². The van der Waals surface area contributed by atoms with Crippen molar-refractivity contribution in [1.29, 1.82) is 0 Å². The number of phenols is 1. The largest absolute Gasteiger partial charge is 0.506 e. The van der Waals surface area contributed by atoms with Gasteiger partial charge in [-0.15, -0.1) is 0 Å². The molecule has 0 unspecified atom stereocenters. The fraction of sp³-hybridized carbons (Fsp3) is 0.133. The molecule has 0 atom stereocenters. The molecule has 1 aliphatic rings. The van der Waals surface area contributed by atoms with Gasteiger partial charge in [0.15, 0.2) is 6.79 Å². The summed E-state index contributed by atoms with van der Waals surface area (Å²) in [5.74, 6) is 0.918. The minimum Gasteiger partial charge on any atom is -0.506 e. The quantitative estimate of drug-likeness (QED) is 0.798. The number of fused-ring (bicyclic) bond motifs is 1. The van der Waals surface area contributed by atoms with E-state index in [1.165, 1.54) is 0 Å². The Morgan fingerprint density at radius 1 is 1.29 bits per heavy atom. The lowest BCUT2D eigenvalue weighted by Gasteiger charge is -2.17. The van der Waals surface area contributed by atoms with Crippen LogP contribution in [-0.4, -0.2) is 18.1 Å². The molecule has 1 heterocycles. The number of hydrogen-bond donors (Lipinski definition) is 1. The summed E-state index contributed by atoms with van der Waals surface area (Å²) in [6, 6.07) is 8.87. The summed E-state index contributed by atoms with van der Waals surface area (Å²) in [6.45, 7) is 0.784. The number of hydrogen-bond acceptors (Lipinski definition) is 4. The highest BCUT2D eigenvalue weighted by atomic mass is 79.9. The van der Waals surface area contributed by atoms with Gasteiger partial charge in [-0.1, -0.05) is 11.6 Å². The Kier molecular flexibility index (Phi) is 4.14. The number of aliphatic imine (C=N–C) groups is 1. The Labute approximate surface area is 135 Å². The maximum absolute atomic E-state index is 9.96. The Morgan fingerprint density at radius 2 is 2.14 bits per heavy atom. The van der Waals surface area contributed by atoms with Crippen LogP contribution in [0.25, 0.3) is 0 Å². The number of ether oxygens (including phenoxy) is 2. The van der Waals surface area contributed by atoms with E-state index >= 15 is 0 Å². The third-order valence-electron chi connectivity index (χ3n) is 3.01. The first kappa shape index (κ1) is 14.4. The van der Waals surface area contributed by atoms with E-state index in [0.29, 0.717) is 21.7 Å². The number of aromatic hydroxyl groups is 1. The Hall–Kier alpha value is -1.56. The first-order chi connectivity index (χ1) is 10.1. The Balaban J connectivity index is 1.89. The van der Waals surface area contributed by atoms with Crippen molar-refractivity contribution in [2.24, 2.45) is 4.99 Å². The molecule has 0 saturated carbocycles. The third-order valence-corrected chi connectivity index (χ3v) is 3.83. The average Bonchev–Trinajstić information content (AvgIpc) is 2.49. The molecule has 1 aliphatic heterocycles. The standard InChI is InChI=1S/C15H11BrClNO3/c16-13-5-11(17)3-9(15(13)19)6-18-12-1-2-14-10(4-12)7-20-8-21-14/h1-6,19H,7-8H2/b18-6+. The summed E-state index contributed by atoms with van der Waals surface area (Å²) in [5.41, 5.74) is 2.24. The molecule has 0 saturated heterocycles. The van der Waals surface area contributed by atoms with E-state index < -0.39 is 0 Å². The monoisotopic (exact) mass is 367 g/mol. The van der Waals surface area contributed by atoms with Gasteiger partial charge in [0.1, 0.15) is 11.5 Å². The van der Waals surface area contributed by atoms with Crippen molar-refractivity contribution in [1.82, 2.24) is 0 Å². The van der Waals surface area contributed by atoms with Crippen LogP contribution in [-0.2, 0) is 11.3 Å². The smallest absolute Gasteiger partial charge is 0.189 e. The predicted octanol–water partition coefficient (Wildman–Crippen LogP) is 4.43.